The molecule has 0 bridgehead atoms. The molecule has 4 heterocycles. The van der Waals surface area contributed by atoms with Crippen LogP contribution in [-0.2, 0) is 29.8 Å². The summed E-state index contributed by atoms with van der Waals surface area (Å²) in [7, 11) is 0. The van der Waals surface area contributed by atoms with E-state index in [1.807, 2.05) is 35.8 Å². The second kappa shape index (κ2) is 10.6. The summed E-state index contributed by atoms with van der Waals surface area (Å²) in [5.74, 6) is -1.95. The van der Waals surface area contributed by atoms with E-state index >= 15 is 0 Å². The van der Waals surface area contributed by atoms with Crippen molar-refractivity contribution in [3.8, 4) is 0 Å². The number of benzene rings is 1. The Kier molecular flexibility index (Phi) is 7.64. The van der Waals surface area contributed by atoms with Gasteiger partial charge in [0.1, 0.15) is 5.82 Å². The number of nitrogens with zero attached hydrogens (tertiary/aromatic N) is 5. The number of aliphatic carboxylic acids is 1. The number of likely N-dealkylation sites (tertiary alicyclic amines) is 1. The number of hydrogen-bond acceptors (Lipinski definition) is 7. The largest absolute Gasteiger partial charge is 0.490 e. The van der Waals surface area contributed by atoms with Crippen molar-refractivity contribution in [3.05, 3.63) is 78.5 Å². The number of aryl methyl sites for hydroxylation is 1. The Labute approximate surface area is 213 Å². The lowest BCUT2D eigenvalue weighted by Crippen LogP contribution is -2.47. The van der Waals surface area contributed by atoms with Gasteiger partial charge in [0.05, 0.1) is 17.7 Å². The SMILES string of the molecule is Cc1ncsc1CN1CCC2(CC1)CCn1c2nn(Cc2ccccc2)c(=O)c1=O.O=C(O)C(F)(F)F. The zero-order valence-corrected chi connectivity index (χ0v) is 20.9. The fourth-order valence-electron chi connectivity index (χ4n) is 4.73. The molecule has 0 amide bonds. The maximum atomic E-state index is 12.8. The summed E-state index contributed by atoms with van der Waals surface area (Å²) >= 11 is 1.71. The summed E-state index contributed by atoms with van der Waals surface area (Å²) in [6.45, 7) is 5.84. The third kappa shape index (κ3) is 5.82. The van der Waals surface area contributed by atoms with Crippen LogP contribution in [0.2, 0.25) is 0 Å². The fourth-order valence-corrected chi connectivity index (χ4v) is 5.55. The summed E-state index contributed by atoms with van der Waals surface area (Å²) < 4.78 is 34.7. The van der Waals surface area contributed by atoms with Crippen LogP contribution in [0.1, 0.15) is 41.2 Å². The van der Waals surface area contributed by atoms with Gasteiger partial charge in [-0.25, -0.2) is 14.5 Å². The van der Waals surface area contributed by atoms with Gasteiger partial charge in [-0.15, -0.1) is 11.3 Å². The summed E-state index contributed by atoms with van der Waals surface area (Å²) in [6.07, 6.45) is -2.28. The van der Waals surface area contributed by atoms with Gasteiger partial charge in [-0.1, -0.05) is 30.3 Å². The van der Waals surface area contributed by atoms with Crippen molar-refractivity contribution in [1.82, 2.24) is 24.2 Å². The van der Waals surface area contributed by atoms with E-state index in [9.17, 15) is 22.8 Å². The van der Waals surface area contributed by atoms with Crippen molar-refractivity contribution in [3.63, 3.8) is 0 Å². The average Bonchev–Trinajstić information content (AvgIpc) is 3.42. The molecule has 1 N–H and O–H groups in total. The third-order valence-electron chi connectivity index (χ3n) is 6.86. The Morgan fingerprint density at radius 1 is 1.05 bits per heavy atom. The van der Waals surface area contributed by atoms with E-state index in [1.165, 1.54) is 9.56 Å². The smallest absolute Gasteiger partial charge is 0.475 e. The number of rotatable bonds is 4. The van der Waals surface area contributed by atoms with Gasteiger partial charge in [0.25, 0.3) is 0 Å². The molecule has 13 heteroatoms. The second-order valence-corrected chi connectivity index (χ2v) is 10.1. The molecule has 9 nitrogen and oxygen atoms in total. The predicted molar refractivity (Wildman–Crippen MR) is 130 cm³/mol. The molecule has 2 aliphatic rings. The molecule has 5 rings (SSSR count). The van der Waals surface area contributed by atoms with Crippen LogP contribution in [0.25, 0.3) is 0 Å². The first-order chi connectivity index (χ1) is 17.5. The zero-order valence-electron chi connectivity index (χ0n) is 20.1. The number of piperidine rings is 1. The molecule has 2 aliphatic heterocycles. The Balaban J connectivity index is 0.000000405. The van der Waals surface area contributed by atoms with Crippen molar-refractivity contribution in [2.75, 3.05) is 13.1 Å². The van der Waals surface area contributed by atoms with E-state index < -0.39 is 23.3 Å². The van der Waals surface area contributed by atoms with Crippen LogP contribution in [0.15, 0.2) is 45.4 Å². The third-order valence-corrected chi connectivity index (χ3v) is 7.78. The van der Waals surface area contributed by atoms with Crippen LogP contribution in [0.3, 0.4) is 0 Å². The van der Waals surface area contributed by atoms with E-state index in [0.717, 1.165) is 56.0 Å². The molecule has 3 aromatic rings. The molecule has 1 saturated heterocycles. The first kappa shape index (κ1) is 26.7. The number of alkyl halides is 3. The molecule has 0 unspecified atom stereocenters. The van der Waals surface area contributed by atoms with Gasteiger partial charge in [-0.05, 0) is 44.8 Å². The number of thiazole rings is 1. The van der Waals surface area contributed by atoms with Gasteiger partial charge < -0.3 is 5.11 Å². The Morgan fingerprint density at radius 2 is 1.68 bits per heavy atom. The van der Waals surface area contributed by atoms with Gasteiger partial charge in [0.2, 0.25) is 0 Å². The normalized spacial score (nSPS) is 16.8. The van der Waals surface area contributed by atoms with Crippen LogP contribution >= 0.6 is 11.3 Å². The highest BCUT2D eigenvalue weighted by molar-refractivity contribution is 7.09. The molecule has 0 atom stereocenters. The minimum Gasteiger partial charge on any atom is -0.475 e. The van der Waals surface area contributed by atoms with Crippen LogP contribution in [0.5, 0.6) is 0 Å². The van der Waals surface area contributed by atoms with Crippen molar-refractivity contribution in [2.24, 2.45) is 0 Å². The van der Waals surface area contributed by atoms with Gasteiger partial charge in [-0.3, -0.25) is 19.1 Å². The molecule has 1 spiro atoms. The Morgan fingerprint density at radius 3 is 2.24 bits per heavy atom. The average molecular weight is 538 g/mol. The van der Waals surface area contributed by atoms with Crippen molar-refractivity contribution in [2.45, 2.75) is 57.4 Å². The molecular weight excluding hydrogens is 511 g/mol. The van der Waals surface area contributed by atoms with Crippen LogP contribution < -0.4 is 11.1 Å². The highest BCUT2D eigenvalue weighted by atomic mass is 32.1. The summed E-state index contributed by atoms with van der Waals surface area (Å²) in [4.78, 5) is 42.4. The van der Waals surface area contributed by atoms with Crippen LogP contribution in [-0.4, -0.2) is 54.6 Å². The topological polar surface area (TPSA) is 110 Å². The quantitative estimate of drug-likeness (QED) is 0.510. The van der Waals surface area contributed by atoms with Crippen LogP contribution in [0.4, 0.5) is 13.2 Å². The Hall–Kier alpha value is -3.32. The number of carbonyl (C=O) groups is 1. The first-order valence-corrected chi connectivity index (χ1v) is 12.6. The minimum atomic E-state index is -5.08. The van der Waals surface area contributed by atoms with E-state index in [4.69, 9.17) is 15.0 Å². The van der Waals surface area contributed by atoms with Crippen molar-refractivity contribution >= 4 is 17.3 Å². The number of fused-ring (bicyclic) bond motifs is 2. The lowest BCUT2D eigenvalue weighted by Gasteiger charge is -2.38. The van der Waals surface area contributed by atoms with Gasteiger partial charge in [-0.2, -0.15) is 18.3 Å². The van der Waals surface area contributed by atoms with E-state index in [2.05, 4.69) is 16.8 Å². The maximum absolute atomic E-state index is 12.8. The van der Waals surface area contributed by atoms with Crippen LogP contribution in [0, 0.1) is 6.92 Å². The lowest BCUT2D eigenvalue weighted by atomic mass is 9.76. The second-order valence-electron chi connectivity index (χ2n) is 9.20. The number of aromatic nitrogens is 4. The first-order valence-electron chi connectivity index (χ1n) is 11.7. The maximum Gasteiger partial charge on any atom is 0.490 e. The number of carboxylic acid groups (broad SMARTS) is 1. The monoisotopic (exact) mass is 537 g/mol. The predicted octanol–water partition coefficient (Wildman–Crippen LogP) is 2.79. The number of carboxylic acids is 1. The summed E-state index contributed by atoms with van der Waals surface area (Å²) in [5.41, 5.74) is 2.92. The molecule has 0 aliphatic carbocycles. The van der Waals surface area contributed by atoms with Gasteiger partial charge in [0, 0.05) is 23.4 Å². The zero-order chi connectivity index (χ0) is 26.8. The van der Waals surface area contributed by atoms with Gasteiger partial charge >= 0.3 is 23.3 Å². The molecule has 37 heavy (non-hydrogen) atoms. The molecule has 0 radical (unpaired) electrons. The van der Waals surface area contributed by atoms with Crippen molar-refractivity contribution in [1.29, 1.82) is 0 Å². The standard InChI is InChI=1S/C22H25N5O2S.C2HF3O2/c1-16-18(30-15-23-16)14-25-10-7-22(8-11-25)9-12-26-19(28)20(29)27(24-21(22)26)13-17-5-3-2-4-6-17;3-2(4,5)1(6)7/h2-6,15H,7-14H2,1H3;(H,6,7). The molecule has 198 valence electrons. The number of halogens is 3. The molecule has 1 aromatic carbocycles. The lowest BCUT2D eigenvalue weighted by molar-refractivity contribution is -0.192. The molecule has 0 saturated carbocycles. The van der Waals surface area contributed by atoms with E-state index in [-0.39, 0.29) is 5.41 Å². The fraction of sp³-hybridized carbons (Fsp3) is 0.458. The van der Waals surface area contributed by atoms with E-state index in [1.54, 1.807) is 15.9 Å². The number of hydrogen-bond donors (Lipinski definition) is 1. The summed E-state index contributed by atoms with van der Waals surface area (Å²) in [6, 6.07) is 9.71. The molecular formula is C24H26F3N5O4S. The minimum absolute atomic E-state index is 0.107. The molecule has 1 fully saturated rings. The highest BCUT2D eigenvalue weighted by Crippen LogP contribution is 2.41. The van der Waals surface area contributed by atoms with Gasteiger partial charge in [0.15, 0.2) is 0 Å². The van der Waals surface area contributed by atoms with Crippen molar-refractivity contribution < 1.29 is 23.1 Å². The highest BCUT2D eigenvalue weighted by Gasteiger charge is 2.44. The summed E-state index contributed by atoms with van der Waals surface area (Å²) in [5, 5.41) is 11.9. The van der Waals surface area contributed by atoms with E-state index in [0.29, 0.717) is 13.1 Å². The molecule has 2 aromatic heterocycles. The Bertz CT molecular complexity index is 1380.